The van der Waals surface area contributed by atoms with Gasteiger partial charge in [0.25, 0.3) is 0 Å². The molecule has 0 aliphatic rings. The van der Waals surface area contributed by atoms with Crippen molar-refractivity contribution in [2.75, 3.05) is 0 Å². The zero-order valence-electron chi connectivity index (χ0n) is 11.1. The summed E-state index contributed by atoms with van der Waals surface area (Å²) in [5, 5.41) is 0. The minimum atomic E-state index is 0.682. The van der Waals surface area contributed by atoms with Gasteiger partial charge in [0.1, 0.15) is 0 Å². The van der Waals surface area contributed by atoms with Crippen molar-refractivity contribution in [3.05, 3.63) is 54.1 Å². The van der Waals surface area contributed by atoms with E-state index in [9.17, 15) is 4.79 Å². The molecule has 0 fully saturated rings. The van der Waals surface area contributed by atoms with Crippen LogP contribution in [0.2, 0.25) is 0 Å². The highest BCUT2D eigenvalue weighted by molar-refractivity contribution is 5.79. The number of benzene rings is 2. The first-order chi connectivity index (χ1) is 9.36. The molecule has 0 amide bonds. The minimum absolute atomic E-state index is 0.682. The van der Waals surface area contributed by atoms with E-state index >= 15 is 0 Å². The van der Waals surface area contributed by atoms with E-state index in [0.29, 0.717) is 5.69 Å². The van der Waals surface area contributed by atoms with Crippen LogP contribution < -0.4 is 0 Å². The van der Waals surface area contributed by atoms with Gasteiger partial charge in [-0.05, 0) is 30.0 Å². The van der Waals surface area contributed by atoms with Crippen LogP contribution in [0, 0.1) is 0 Å². The van der Waals surface area contributed by atoms with Crippen LogP contribution in [-0.2, 0) is 11.2 Å². The van der Waals surface area contributed by atoms with Crippen molar-refractivity contribution < 1.29 is 4.79 Å². The van der Waals surface area contributed by atoms with Crippen molar-refractivity contribution >= 4 is 11.8 Å². The number of hydrogen-bond acceptors (Lipinski definition) is 2. The van der Waals surface area contributed by atoms with Crippen LogP contribution in [0.5, 0.6) is 0 Å². The molecule has 0 saturated carbocycles. The van der Waals surface area contributed by atoms with Gasteiger partial charge in [-0.25, -0.2) is 4.79 Å². The smallest absolute Gasteiger partial charge is 0.211 e. The van der Waals surface area contributed by atoms with E-state index in [2.05, 4.69) is 30.1 Å². The lowest BCUT2D eigenvalue weighted by molar-refractivity contribution is 0.565. The minimum Gasteiger partial charge on any atom is -0.211 e. The lowest BCUT2D eigenvalue weighted by atomic mass is 9.95. The largest absolute Gasteiger partial charge is 0.240 e. The summed E-state index contributed by atoms with van der Waals surface area (Å²) in [6, 6.07) is 16.0. The molecule has 2 aromatic rings. The fourth-order valence-corrected chi connectivity index (χ4v) is 2.22. The van der Waals surface area contributed by atoms with E-state index in [1.807, 2.05) is 30.3 Å². The maximum Gasteiger partial charge on any atom is 0.240 e. The second-order valence-corrected chi connectivity index (χ2v) is 4.48. The summed E-state index contributed by atoms with van der Waals surface area (Å²) in [5.41, 5.74) is 4.14. The second-order valence-electron chi connectivity index (χ2n) is 4.48. The molecule has 2 rings (SSSR count). The molecule has 0 atom stereocenters. The second kappa shape index (κ2) is 6.67. The Morgan fingerprint density at radius 1 is 1.00 bits per heavy atom. The molecule has 0 aliphatic carbocycles. The van der Waals surface area contributed by atoms with Gasteiger partial charge >= 0.3 is 0 Å². The fourth-order valence-electron chi connectivity index (χ4n) is 2.22. The molecule has 0 saturated heterocycles. The topological polar surface area (TPSA) is 29.4 Å². The van der Waals surface area contributed by atoms with Gasteiger partial charge in [-0.1, -0.05) is 55.8 Å². The quantitative estimate of drug-likeness (QED) is 0.561. The fraction of sp³-hybridized carbons (Fsp3) is 0.235. The van der Waals surface area contributed by atoms with Gasteiger partial charge in [0.05, 0.1) is 5.69 Å². The van der Waals surface area contributed by atoms with Crippen LogP contribution in [0.1, 0.15) is 25.3 Å². The van der Waals surface area contributed by atoms with E-state index in [1.54, 1.807) is 6.08 Å². The Balaban J connectivity index is 2.49. The first-order valence-corrected chi connectivity index (χ1v) is 6.62. The van der Waals surface area contributed by atoms with Gasteiger partial charge in [0.2, 0.25) is 6.08 Å². The van der Waals surface area contributed by atoms with Crippen molar-refractivity contribution in [3.8, 4) is 11.1 Å². The van der Waals surface area contributed by atoms with Crippen LogP contribution >= 0.6 is 0 Å². The van der Waals surface area contributed by atoms with E-state index in [0.717, 1.165) is 24.0 Å². The average Bonchev–Trinajstić information content (AvgIpc) is 2.46. The van der Waals surface area contributed by atoms with Gasteiger partial charge in [0.15, 0.2) is 0 Å². The molecule has 0 unspecified atom stereocenters. The van der Waals surface area contributed by atoms with Gasteiger partial charge in [0, 0.05) is 5.56 Å². The lowest BCUT2D eigenvalue weighted by Crippen LogP contribution is -1.90. The Kier molecular flexibility index (Phi) is 4.66. The Hall–Kier alpha value is -2.18. The number of aryl methyl sites for hydroxylation is 1. The number of para-hydroxylation sites is 1. The number of carbonyl (C=O) groups excluding carboxylic acids is 1. The molecule has 2 heteroatoms. The molecule has 2 nitrogen and oxygen atoms in total. The zero-order valence-corrected chi connectivity index (χ0v) is 11.1. The van der Waals surface area contributed by atoms with Crippen LogP contribution in [0.3, 0.4) is 0 Å². The zero-order chi connectivity index (χ0) is 13.5. The predicted molar refractivity (Wildman–Crippen MR) is 78.3 cm³/mol. The summed E-state index contributed by atoms with van der Waals surface area (Å²) in [4.78, 5) is 14.3. The lowest BCUT2D eigenvalue weighted by Gasteiger charge is -2.10. The summed E-state index contributed by atoms with van der Waals surface area (Å²) >= 11 is 0. The van der Waals surface area contributed by atoms with Crippen molar-refractivity contribution in [2.45, 2.75) is 26.2 Å². The number of aliphatic imine (C=N–C) groups is 1. The number of unbranched alkanes of at least 4 members (excludes halogenated alkanes) is 1. The highest BCUT2D eigenvalue weighted by atomic mass is 16.1. The normalized spacial score (nSPS) is 9.95. The maximum absolute atomic E-state index is 10.5. The molecule has 96 valence electrons. The van der Waals surface area contributed by atoms with Gasteiger partial charge in [-0.15, -0.1) is 0 Å². The summed E-state index contributed by atoms with van der Waals surface area (Å²) in [6.45, 7) is 2.19. The Labute approximate surface area is 113 Å². The monoisotopic (exact) mass is 251 g/mol. The molecule has 0 spiro atoms. The number of rotatable bonds is 5. The third-order valence-corrected chi connectivity index (χ3v) is 3.18. The predicted octanol–water partition coefficient (Wildman–Crippen LogP) is 4.66. The van der Waals surface area contributed by atoms with E-state index in [4.69, 9.17) is 0 Å². The molecule has 0 radical (unpaired) electrons. The van der Waals surface area contributed by atoms with Gasteiger partial charge < -0.3 is 0 Å². The first kappa shape index (κ1) is 13.3. The Morgan fingerprint density at radius 2 is 1.68 bits per heavy atom. The van der Waals surface area contributed by atoms with Gasteiger partial charge in [-0.3, -0.25) is 0 Å². The SMILES string of the molecule is CCCCc1ccccc1-c1ccccc1N=C=O. The van der Waals surface area contributed by atoms with Crippen molar-refractivity contribution in [3.63, 3.8) is 0 Å². The molecule has 0 aromatic heterocycles. The molecule has 0 heterocycles. The average molecular weight is 251 g/mol. The molecular weight excluding hydrogens is 234 g/mol. The first-order valence-electron chi connectivity index (χ1n) is 6.62. The Bertz CT molecular complexity index is 598. The van der Waals surface area contributed by atoms with E-state index in [-0.39, 0.29) is 0 Å². The summed E-state index contributed by atoms with van der Waals surface area (Å²) < 4.78 is 0. The molecular formula is C17H17NO. The number of hydrogen-bond donors (Lipinski definition) is 0. The van der Waals surface area contributed by atoms with Crippen molar-refractivity contribution in [1.29, 1.82) is 0 Å². The molecule has 0 N–H and O–H groups in total. The third-order valence-electron chi connectivity index (χ3n) is 3.18. The molecule has 0 bridgehead atoms. The Morgan fingerprint density at radius 3 is 2.42 bits per heavy atom. The van der Waals surface area contributed by atoms with Crippen molar-refractivity contribution in [1.82, 2.24) is 0 Å². The third kappa shape index (κ3) is 3.18. The van der Waals surface area contributed by atoms with Crippen LogP contribution in [-0.4, -0.2) is 6.08 Å². The summed E-state index contributed by atoms with van der Waals surface area (Å²) in [5.74, 6) is 0. The van der Waals surface area contributed by atoms with Gasteiger partial charge in [-0.2, -0.15) is 4.99 Å². The number of isocyanates is 1. The summed E-state index contributed by atoms with van der Waals surface area (Å²) in [7, 11) is 0. The summed E-state index contributed by atoms with van der Waals surface area (Å²) in [6.07, 6.45) is 5.01. The highest BCUT2D eigenvalue weighted by Crippen LogP contribution is 2.32. The van der Waals surface area contributed by atoms with E-state index in [1.165, 1.54) is 12.0 Å². The highest BCUT2D eigenvalue weighted by Gasteiger charge is 2.08. The molecule has 0 aliphatic heterocycles. The standard InChI is InChI=1S/C17H17NO/c1-2-3-8-14-9-4-5-10-15(14)16-11-6-7-12-17(16)18-13-19/h4-7,9-12H,2-3,8H2,1H3. The maximum atomic E-state index is 10.5. The van der Waals surface area contributed by atoms with Crippen molar-refractivity contribution in [2.24, 2.45) is 4.99 Å². The van der Waals surface area contributed by atoms with Crippen LogP contribution in [0.25, 0.3) is 11.1 Å². The van der Waals surface area contributed by atoms with Crippen LogP contribution in [0.15, 0.2) is 53.5 Å². The molecule has 19 heavy (non-hydrogen) atoms. The molecule has 2 aromatic carbocycles. The number of nitrogens with zero attached hydrogens (tertiary/aromatic N) is 1. The van der Waals surface area contributed by atoms with E-state index < -0.39 is 0 Å². The van der Waals surface area contributed by atoms with Crippen LogP contribution in [0.4, 0.5) is 5.69 Å².